The maximum Gasteiger partial charge on any atom is 0.201 e. The van der Waals surface area contributed by atoms with Crippen LogP contribution in [-0.2, 0) is 10.9 Å². The largest absolute Gasteiger partial charge is 0.218 e. The van der Waals surface area contributed by atoms with Crippen molar-refractivity contribution in [3.8, 4) is 0 Å². The van der Waals surface area contributed by atoms with E-state index in [1.807, 2.05) is 0 Å². The molecule has 0 aliphatic heterocycles. The molecule has 0 saturated carbocycles. The summed E-state index contributed by atoms with van der Waals surface area (Å²) in [5.74, 6) is 0. The third-order valence-electron chi connectivity index (χ3n) is 3.77. The second kappa shape index (κ2) is 17.0. The zero-order valence-electron chi connectivity index (χ0n) is 13.4. The van der Waals surface area contributed by atoms with Crippen molar-refractivity contribution in [1.29, 1.82) is 0 Å². The highest BCUT2D eigenvalue weighted by Gasteiger charge is 1.94. The Balaban J connectivity index is 2.95. The lowest BCUT2D eigenvalue weighted by Crippen LogP contribution is -2.12. The Hall–Kier alpha value is -0.0900. The molecule has 0 spiro atoms. The average molecular weight is 306 g/mol. The van der Waals surface area contributed by atoms with Crippen LogP contribution in [0.3, 0.4) is 0 Å². The molecule has 0 saturated heterocycles. The number of thiol groups is 1. The standard InChI is InChI=1S/C16H35NO2S/c1-2-3-4-5-6-7-8-9-10-11-12-13-14-15-16-17-20(18)19/h20H,2-16H2,1H3,(H,17,18,19). The first-order valence-electron chi connectivity index (χ1n) is 8.65. The quantitative estimate of drug-likeness (QED) is 0.324. The number of nitrogens with one attached hydrogen (secondary N) is 1. The van der Waals surface area contributed by atoms with Crippen LogP contribution in [0.25, 0.3) is 0 Å². The van der Waals surface area contributed by atoms with Crippen LogP contribution in [0.4, 0.5) is 0 Å². The SMILES string of the molecule is CCCCCCCCCCCCCCCCN[SH](=O)=O. The molecule has 0 aromatic carbocycles. The average Bonchev–Trinajstić information content (AvgIpc) is 2.43. The van der Waals surface area contributed by atoms with Crippen LogP contribution in [0.15, 0.2) is 0 Å². The van der Waals surface area contributed by atoms with Crippen LogP contribution in [0.1, 0.15) is 96.8 Å². The molecule has 3 nitrogen and oxygen atoms in total. The molecule has 0 aromatic heterocycles. The lowest BCUT2D eigenvalue weighted by atomic mass is 10.0. The topological polar surface area (TPSA) is 46.2 Å². The highest BCUT2D eigenvalue weighted by molar-refractivity contribution is 7.70. The first kappa shape index (κ1) is 19.9. The maximum atomic E-state index is 10.3. The monoisotopic (exact) mass is 305 g/mol. The van der Waals surface area contributed by atoms with Crippen LogP contribution in [-0.4, -0.2) is 15.0 Å². The number of unbranched alkanes of at least 4 members (excludes halogenated alkanes) is 13. The van der Waals surface area contributed by atoms with Gasteiger partial charge >= 0.3 is 0 Å². The van der Waals surface area contributed by atoms with Gasteiger partial charge in [0.2, 0.25) is 10.9 Å². The van der Waals surface area contributed by atoms with Gasteiger partial charge < -0.3 is 0 Å². The van der Waals surface area contributed by atoms with E-state index in [0.29, 0.717) is 6.54 Å². The summed E-state index contributed by atoms with van der Waals surface area (Å²) in [6.45, 7) is 2.87. The minimum atomic E-state index is -2.39. The molecule has 0 atom stereocenters. The summed E-state index contributed by atoms with van der Waals surface area (Å²) in [6.07, 6.45) is 18.6. The van der Waals surface area contributed by atoms with Crippen molar-refractivity contribution in [3.05, 3.63) is 0 Å². The zero-order chi connectivity index (χ0) is 14.9. The lowest BCUT2D eigenvalue weighted by Gasteiger charge is -2.03. The van der Waals surface area contributed by atoms with Crippen LogP contribution in [0.2, 0.25) is 0 Å². The first-order chi connectivity index (χ1) is 9.77. The lowest BCUT2D eigenvalue weighted by molar-refractivity contribution is 0.534. The van der Waals surface area contributed by atoms with E-state index < -0.39 is 10.9 Å². The molecule has 0 amide bonds. The molecular weight excluding hydrogens is 270 g/mol. The first-order valence-corrected chi connectivity index (χ1v) is 9.83. The van der Waals surface area contributed by atoms with E-state index >= 15 is 0 Å². The van der Waals surface area contributed by atoms with E-state index in [0.717, 1.165) is 12.8 Å². The van der Waals surface area contributed by atoms with Crippen molar-refractivity contribution >= 4 is 10.9 Å². The summed E-state index contributed by atoms with van der Waals surface area (Å²) < 4.78 is 23.0. The molecule has 1 N–H and O–H groups in total. The molecule has 0 rings (SSSR count). The molecule has 4 heteroatoms. The fraction of sp³-hybridized carbons (Fsp3) is 1.00. The molecule has 20 heavy (non-hydrogen) atoms. The summed E-state index contributed by atoms with van der Waals surface area (Å²) in [5.41, 5.74) is 0. The molecular formula is C16H35NO2S. The molecule has 0 aliphatic carbocycles. The molecule has 0 fully saturated rings. The van der Waals surface area contributed by atoms with Gasteiger partial charge in [-0.05, 0) is 6.42 Å². The normalized spacial score (nSPS) is 11.3. The number of hydrogen-bond donors (Lipinski definition) is 2. The number of hydrogen-bond acceptors (Lipinski definition) is 2. The molecule has 0 aromatic rings. The van der Waals surface area contributed by atoms with Crippen molar-refractivity contribution in [3.63, 3.8) is 0 Å². The van der Waals surface area contributed by atoms with Gasteiger partial charge in [0.15, 0.2) is 0 Å². The Morgan fingerprint density at radius 1 is 0.600 bits per heavy atom. The van der Waals surface area contributed by atoms with E-state index in [4.69, 9.17) is 0 Å². The van der Waals surface area contributed by atoms with Gasteiger partial charge in [-0.3, -0.25) is 0 Å². The number of rotatable bonds is 16. The van der Waals surface area contributed by atoms with Crippen molar-refractivity contribution in [1.82, 2.24) is 4.72 Å². The molecule has 0 unspecified atom stereocenters. The Bertz CT molecular complexity index is 247. The zero-order valence-corrected chi connectivity index (χ0v) is 14.3. The molecule has 0 heterocycles. The second-order valence-corrected chi connectivity index (χ2v) is 6.59. The van der Waals surface area contributed by atoms with Crippen molar-refractivity contribution < 1.29 is 8.42 Å². The fourth-order valence-corrected chi connectivity index (χ4v) is 2.83. The molecule has 122 valence electrons. The van der Waals surface area contributed by atoms with E-state index in [2.05, 4.69) is 11.6 Å². The van der Waals surface area contributed by atoms with Gasteiger partial charge in [0.1, 0.15) is 0 Å². The van der Waals surface area contributed by atoms with Gasteiger partial charge in [0.05, 0.1) is 0 Å². The minimum absolute atomic E-state index is 0.608. The van der Waals surface area contributed by atoms with Gasteiger partial charge in [0.25, 0.3) is 0 Å². The maximum absolute atomic E-state index is 10.3. The summed E-state index contributed by atoms with van der Waals surface area (Å²) >= 11 is 0. The van der Waals surface area contributed by atoms with Crippen molar-refractivity contribution in [2.45, 2.75) is 96.8 Å². The van der Waals surface area contributed by atoms with Gasteiger partial charge in [-0.2, -0.15) is 0 Å². The Kier molecular flexibility index (Phi) is 16.9. The van der Waals surface area contributed by atoms with Gasteiger partial charge in [0, 0.05) is 6.54 Å². The van der Waals surface area contributed by atoms with E-state index in [1.54, 1.807) is 0 Å². The summed E-state index contributed by atoms with van der Waals surface area (Å²) in [6, 6.07) is 0. The highest BCUT2D eigenvalue weighted by Crippen LogP contribution is 2.12. The predicted molar refractivity (Wildman–Crippen MR) is 88.6 cm³/mol. The van der Waals surface area contributed by atoms with Crippen LogP contribution in [0, 0.1) is 0 Å². The van der Waals surface area contributed by atoms with E-state index in [1.165, 1.54) is 77.0 Å². The molecule has 0 bridgehead atoms. The van der Waals surface area contributed by atoms with E-state index in [9.17, 15) is 8.42 Å². The van der Waals surface area contributed by atoms with Crippen LogP contribution >= 0.6 is 0 Å². The van der Waals surface area contributed by atoms with Crippen molar-refractivity contribution in [2.75, 3.05) is 6.54 Å². The predicted octanol–water partition coefficient (Wildman–Crippen LogP) is 4.58. The smallest absolute Gasteiger partial charge is 0.201 e. The minimum Gasteiger partial charge on any atom is -0.218 e. The van der Waals surface area contributed by atoms with Crippen LogP contribution in [0.5, 0.6) is 0 Å². The summed E-state index contributed by atoms with van der Waals surface area (Å²) in [7, 11) is -2.39. The highest BCUT2D eigenvalue weighted by atomic mass is 32.2. The van der Waals surface area contributed by atoms with Gasteiger partial charge in [-0.25, -0.2) is 13.1 Å². The van der Waals surface area contributed by atoms with Gasteiger partial charge in [-0.1, -0.05) is 90.4 Å². The molecule has 0 radical (unpaired) electrons. The summed E-state index contributed by atoms with van der Waals surface area (Å²) in [5, 5.41) is 0. The second-order valence-electron chi connectivity index (χ2n) is 5.76. The van der Waals surface area contributed by atoms with Crippen molar-refractivity contribution in [2.24, 2.45) is 0 Å². The third-order valence-corrected chi connectivity index (χ3v) is 4.25. The fourth-order valence-electron chi connectivity index (χ4n) is 2.49. The van der Waals surface area contributed by atoms with Crippen LogP contribution < -0.4 is 4.72 Å². The Morgan fingerprint density at radius 3 is 1.30 bits per heavy atom. The van der Waals surface area contributed by atoms with Gasteiger partial charge in [-0.15, -0.1) is 0 Å². The molecule has 0 aliphatic rings. The van der Waals surface area contributed by atoms with E-state index in [-0.39, 0.29) is 0 Å². The Labute approximate surface area is 128 Å². The Morgan fingerprint density at radius 2 is 0.950 bits per heavy atom. The summed E-state index contributed by atoms with van der Waals surface area (Å²) in [4.78, 5) is 0. The third kappa shape index (κ3) is 17.9.